The van der Waals surface area contributed by atoms with Crippen molar-refractivity contribution in [3.8, 4) is 0 Å². The second kappa shape index (κ2) is 6.25. The molecule has 1 aliphatic carbocycles. The Morgan fingerprint density at radius 2 is 2.00 bits per heavy atom. The van der Waals surface area contributed by atoms with Crippen LogP contribution in [-0.4, -0.2) is 11.0 Å². The molecule has 1 aromatic rings. The van der Waals surface area contributed by atoms with Gasteiger partial charge in [-0.25, -0.2) is 0 Å². The molecule has 0 spiro atoms. The molecule has 1 aliphatic rings. The molecule has 2 rings (SSSR count). The summed E-state index contributed by atoms with van der Waals surface area (Å²) in [5, 5.41) is 14.7. The van der Waals surface area contributed by atoms with E-state index in [2.05, 4.69) is 19.2 Å². The van der Waals surface area contributed by atoms with Gasteiger partial charge in [0.1, 0.15) is 5.69 Å². The Morgan fingerprint density at radius 3 is 2.65 bits per heavy atom. The van der Waals surface area contributed by atoms with E-state index in [1.807, 2.05) is 12.1 Å². The number of nitro benzene ring substituents is 1. The van der Waals surface area contributed by atoms with E-state index in [0.717, 1.165) is 12.0 Å². The molecule has 1 aromatic carbocycles. The molecule has 110 valence electrons. The van der Waals surface area contributed by atoms with Crippen LogP contribution in [0.2, 0.25) is 0 Å². The first-order valence-corrected chi connectivity index (χ1v) is 7.51. The van der Waals surface area contributed by atoms with Crippen molar-refractivity contribution < 1.29 is 4.92 Å². The van der Waals surface area contributed by atoms with Crippen molar-refractivity contribution in [2.75, 3.05) is 5.32 Å². The predicted octanol–water partition coefficient (Wildman–Crippen LogP) is 4.53. The Kier molecular flexibility index (Phi) is 4.63. The van der Waals surface area contributed by atoms with Gasteiger partial charge >= 0.3 is 0 Å². The SMILES string of the molecule is Cc1cccc(NC2CCCCC2C(C)C)c1[N+](=O)[O-]. The molecular formula is C16H24N2O2. The van der Waals surface area contributed by atoms with E-state index in [4.69, 9.17) is 0 Å². The van der Waals surface area contributed by atoms with E-state index in [1.54, 1.807) is 13.0 Å². The molecule has 0 amide bonds. The third kappa shape index (κ3) is 3.11. The lowest BCUT2D eigenvalue weighted by atomic mass is 9.77. The van der Waals surface area contributed by atoms with Gasteiger partial charge in [0.25, 0.3) is 5.69 Å². The zero-order chi connectivity index (χ0) is 14.7. The van der Waals surface area contributed by atoms with Crippen molar-refractivity contribution in [2.45, 2.75) is 52.5 Å². The molecule has 4 heteroatoms. The van der Waals surface area contributed by atoms with Crippen molar-refractivity contribution in [1.82, 2.24) is 0 Å². The van der Waals surface area contributed by atoms with Gasteiger partial charge in [0.05, 0.1) is 4.92 Å². The topological polar surface area (TPSA) is 55.2 Å². The largest absolute Gasteiger partial charge is 0.376 e. The number of hydrogen-bond donors (Lipinski definition) is 1. The predicted molar refractivity (Wildman–Crippen MR) is 82.0 cm³/mol. The minimum Gasteiger partial charge on any atom is -0.376 e. The second-order valence-electron chi connectivity index (χ2n) is 6.17. The second-order valence-corrected chi connectivity index (χ2v) is 6.17. The first-order chi connectivity index (χ1) is 9.50. The number of nitrogens with zero attached hydrogens (tertiary/aromatic N) is 1. The van der Waals surface area contributed by atoms with Crippen LogP contribution in [0, 0.1) is 28.9 Å². The summed E-state index contributed by atoms with van der Waals surface area (Å²) in [6.07, 6.45) is 4.81. The first kappa shape index (κ1) is 14.8. The van der Waals surface area contributed by atoms with Crippen molar-refractivity contribution in [3.05, 3.63) is 33.9 Å². The lowest BCUT2D eigenvalue weighted by Crippen LogP contribution is -2.35. The van der Waals surface area contributed by atoms with Crippen LogP contribution in [0.3, 0.4) is 0 Å². The van der Waals surface area contributed by atoms with Crippen LogP contribution < -0.4 is 5.32 Å². The van der Waals surface area contributed by atoms with E-state index in [-0.39, 0.29) is 10.6 Å². The highest BCUT2D eigenvalue weighted by Crippen LogP contribution is 2.35. The van der Waals surface area contributed by atoms with Crippen LogP contribution in [-0.2, 0) is 0 Å². The molecular weight excluding hydrogens is 252 g/mol. The van der Waals surface area contributed by atoms with Gasteiger partial charge in [-0.15, -0.1) is 0 Å². The third-order valence-corrected chi connectivity index (χ3v) is 4.44. The number of anilines is 1. The van der Waals surface area contributed by atoms with E-state index in [0.29, 0.717) is 23.6 Å². The van der Waals surface area contributed by atoms with Crippen LogP contribution in [0.5, 0.6) is 0 Å². The van der Waals surface area contributed by atoms with Crippen LogP contribution in [0.15, 0.2) is 18.2 Å². The number of rotatable bonds is 4. The van der Waals surface area contributed by atoms with Gasteiger partial charge < -0.3 is 5.32 Å². The van der Waals surface area contributed by atoms with Gasteiger partial charge in [0.15, 0.2) is 0 Å². The van der Waals surface area contributed by atoms with Crippen molar-refractivity contribution in [2.24, 2.45) is 11.8 Å². The van der Waals surface area contributed by atoms with E-state index in [1.165, 1.54) is 19.3 Å². The lowest BCUT2D eigenvalue weighted by molar-refractivity contribution is -0.384. The fraction of sp³-hybridized carbons (Fsp3) is 0.625. The Balaban J connectivity index is 2.24. The maximum Gasteiger partial charge on any atom is 0.295 e. The Bertz CT molecular complexity index is 485. The van der Waals surface area contributed by atoms with Gasteiger partial charge in [-0.3, -0.25) is 10.1 Å². The first-order valence-electron chi connectivity index (χ1n) is 7.51. The smallest absolute Gasteiger partial charge is 0.295 e. The highest BCUT2D eigenvalue weighted by Gasteiger charge is 2.29. The molecule has 1 fully saturated rings. The molecule has 2 unspecified atom stereocenters. The summed E-state index contributed by atoms with van der Waals surface area (Å²) < 4.78 is 0. The number of para-hydroxylation sites is 1. The van der Waals surface area contributed by atoms with Crippen molar-refractivity contribution in [3.63, 3.8) is 0 Å². The van der Waals surface area contributed by atoms with Crippen LogP contribution in [0.25, 0.3) is 0 Å². The molecule has 1 N–H and O–H groups in total. The Hall–Kier alpha value is -1.58. The molecule has 1 saturated carbocycles. The van der Waals surface area contributed by atoms with Crippen LogP contribution in [0.1, 0.15) is 45.1 Å². The van der Waals surface area contributed by atoms with Crippen LogP contribution >= 0.6 is 0 Å². The molecule has 0 aromatic heterocycles. The summed E-state index contributed by atoms with van der Waals surface area (Å²) in [6, 6.07) is 5.86. The van der Waals surface area contributed by atoms with Crippen molar-refractivity contribution in [1.29, 1.82) is 0 Å². The molecule has 20 heavy (non-hydrogen) atoms. The number of nitrogens with one attached hydrogen (secondary N) is 1. The summed E-state index contributed by atoms with van der Waals surface area (Å²) in [5.74, 6) is 1.21. The molecule has 2 atom stereocenters. The lowest BCUT2D eigenvalue weighted by Gasteiger charge is -2.35. The molecule has 0 radical (unpaired) electrons. The zero-order valence-electron chi connectivity index (χ0n) is 12.6. The average molecular weight is 276 g/mol. The van der Waals surface area contributed by atoms with Crippen molar-refractivity contribution >= 4 is 11.4 Å². The highest BCUT2D eigenvalue weighted by molar-refractivity contribution is 5.65. The van der Waals surface area contributed by atoms with E-state index >= 15 is 0 Å². The summed E-state index contributed by atoms with van der Waals surface area (Å²) in [4.78, 5) is 11.0. The molecule has 0 saturated heterocycles. The zero-order valence-corrected chi connectivity index (χ0v) is 12.6. The maximum atomic E-state index is 11.3. The molecule has 0 heterocycles. The van der Waals surface area contributed by atoms with Gasteiger partial charge in [-0.05, 0) is 37.7 Å². The normalized spacial score (nSPS) is 22.8. The number of hydrogen-bond acceptors (Lipinski definition) is 3. The maximum absolute atomic E-state index is 11.3. The van der Waals surface area contributed by atoms with Gasteiger partial charge in [-0.1, -0.05) is 38.8 Å². The standard InChI is InChI=1S/C16H24N2O2/c1-11(2)13-8-4-5-9-14(13)17-15-10-6-7-12(3)16(15)18(19)20/h6-7,10-11,13-14,17H,4-5,8-9H2,1-3H3. The average Bonchev–Trinajstić information content (AvgIpc) is 2.38. The Morgan fingerprint density at radius 1 is 1.30 bits per heavy atom. The third-order valence-electron chi connectivity index (χ3n) is 4.44. The number of nitro groups is 1. The Labute approximate surface area is 120 Å². The summed E-state index contributed by atoms with van der Waals surface area (Å²) in [6.45, 7) is 6.29. The molecule has 0 aliphatic heterocycles. The van der Waals surface area contributed by atoms with Gasteiger partial charge in [0, 0.05) is 11.6 Å². The van der Waals surface area contributed by atoms with Gasteiger partial charge in [0.2, 0.25) is 0 Å². The van der Waals surface area contributed by atoms with E-state index in [9.17, 15) is 10.1 Å². The minimum atomic E-state index is -0.273. The monoisotopic (exact) mass is 276 g/mol. The quantitative estimate of drug-likeness (QED) is 0.649. The number of benzene rings is 1. The van der Waals surface area contributed by atoms with Crippen LogP contribution in [0.4, 0.5) is 11.4 Å². The minimum absolute atomic E-state index is 0.223. The fourth-order valence-electron chi connectivity index (χ4n) is 3.35. The summed E-state index contributed by atoms with van der Waals surface area (Å²) in [7, 11) is 0. The molecule has 4 nitrogen and oxygen atoms in total. The molecule has 0 bridgehead atoms. The highest BCUT2D eigenvalue weighted by atomic mass is 16.6. The summed E-state index contributed by atoms with van der Waals surface area (Å²) in [5.41, 5.74) is 1.62. The van der Waals surface area contributed by atoms with E-state index < -0.39 is 0 Å². The fourth-order valence-corrected chi connectivity index (χ4v) is 3.35. The summed E-state index contributed by atoms with van der Waals surface area (Å²) >= 11 is 0. The van der Waals surface area contributed by atoms with Gasteiger partial charge in [-0.2, -0.15) is 0 Å². The number of aryl methyl sites for hydroxylation is 1.